The zero-order valence-electron chi connectivity index (χ0n) is 17.8. The van der Waals surface area contributed by atoms with Gasteiger partial charge in [0.2, 0.25) is 11.0 Å². The Balaban J connectivity index is 1.32. The van der Waals surface area contributed by atoms with Crippen LogP contribution >= 0.6 is 11.5 Å². The van der Waals surface area contributed by atoms with Gasteiger partial charge < -0.3 is 9.80 Å². The van der Waals surface area contributed by atoms with Gasteiger partial charge in [-0.15, -0.1) is 0 Å². The summed E-state index contributed by atoms with van der Waals surface area (Å²) >= 11 is 1.33. The van der Waals surface area contributed by atoms with Crippen molar-refractivity contribution in [3.8, 4) is 0 Å². The molecule has 3 aromatic rings. The lowest BCUT2D eigenvalue weighted by Crippen LogP contribution is -2.34. The largest absolute Gasteiger partial charge is 0.345 e. The van der Waals surface area contributed by atoms with Crippen molar-refractivity contribution in [3.05, 3.63) is 87.5 Å². The molecule has 2 aromatic carbocycles. The number of benzene rings is 2. The number of carbonyl (C=O) groups is 1. The highest BCUT2D eigenvalue weighted by Gasteiger charge is 2.20. The van der Waals surface area contributed by atoms with Crippen molar-refractivity contribution in [1.29, 1.82) is 0 Å². The lowest BCUT2D eigenvalue weighted by Gasteiger charge is -2.20. The molecule has 0 N–H and O–H groups in total. The third-order valence-electron chi connectivity index (χ3n) is 5.33. The monoisotopic (exact) mass is 467 g/mol. The Morgan fingerprint density at radius 2 is 1.85 bits per heavy atom. The number of carbonyl (C=O) groups excluding carboxylic acids is 1. The van der Waals surface area contributed by atoms with Crippen LogP contribution in [-0.4, -0.2) is 51.3 Å². The quantitative estimate of drug-likeness (QED) is 0.310. The first-order chi connectivity index (χ1) is 16.0. The average Bonchev–Trinajstić information content (AvgIpc) is 3.13. The summed E-state index contributed by atoms with van der Waals surface area (Å²) in [5, 5.41) is 11.6. The number of hydrogen-bond donors (Lipinski definition) is 0. The second-order valence-electron chi connectivity index (χ2n) is 7.64. The molecule has 10 heteroatoms. The molecule has 1 saturated heterocycles. The van der Waals surface area contributed by atoms with Crippen molar-refractivity contribution in [2.24, 2.45) is 0 Å². The fraction of sp³-hybridized carbons (Fsp3) is 0.261. The van der Waals surface area contributed by atoms with Gasteiger partial charge >= 0.3 is 0 Å². The average molecular weight is 468 g/mol. The number of anilines is 1. The molecule has 1 aromatic heterocycles. The molecule has 4 rings (SSSR count). The third kappa shape index (κ3) is 5.98. The molecule has 0 unspecified atom stereocenters. The second-order valence-corrected chi connectivity index (χ2v) is 8.37. The minimum Gasteiger partial charge on any atom is -0.345 e. The summed E-state index contributed by atoms with van der Waals surface area (Å²) in [4.78, 5) is 31.5. The fourth-order valence-corrected chi connectivity index (χ4v) is 4.28. The van der Waals surface area contributed by atoms with Crippen LogP contribution in [0.15, 0.2) is 54.6 Å². The van der Waals surface area contributed by atoms with Gasteiger partial charge in [-0.25, -0.2) is 9.37 Å². The lowest BCUT2D eigenvalue weighted by atomic mass is 10.1. The van der Waals surface area contributed by atoms with E-state index in [0.717, 1.165) is 29.2 Å². The molecule has 0 saturated carbocycles. The topological polar surface area (TPSA) is 92.5 Å². The summed E-state index contributed by atoms with van der Waals surface area (Å²) in [5.41, 5.74) is 1.70. The molecular weight excluding hydrogens is 445 g/mol. The number of nitro benzene ring substituents is 1. The van der Waals surface area contributed by atoms with E-state index in [-0.39, 0.29) is 17.4 Å². The number of non-ortho nitro benzene ring substituents is 1. The van der Waals surface area contributed by atoms with E-state index >= 15 is 0 Å². The number of nitrogens with zero attached hydrogens (tertiary/aromatic N) is 5. The number of hydrogen-bond acceptors (Lipinski definition) is 7. The maximum absolute atomic E-state index is 13.1. The summed E-state index contributed by atoms with van der Waals surface area (Å²) in [5.74, 6) is 0.339. The van der Waals surface area contributed by atoms with E-state index in [2.05, 4.69) is 14.3 Å². The normalized spacial score (nSPS) is 14.5. The molecule has 170 valence electrons. The summed E-state index contributed by atoms with van der Waals surface area (Å²) in [6.07, 6.45) is 4.52. The molecule has 1 fully saturated rings. The van der Waals surface area contributed by atoms with Crippen molar-refractivity contribution in [3.63, 3.8) is 0 Å². The Morgan fingerprint density at radius 3 is 2.58 bits per heavy atom. The Morgan fingerprint density at radius 1 is 1.09 bits per heavy atom. The maximum atomic E-state index is 13.1. The van der Waals surface area contributed by atoms with Gasteiger partial charge in [-0.1, -0.05) is 12.1 Å². The van der Waals surface area contributed by atoms with E-state index < -0.39 is 4.92 Å². The lowest BCUT2D eigenvalue weighted by molar-refractivity contribution is -0.384. The molecule has 0 bridgehead atoms. The number of halogens is 1. The zero-order chi connectivity index (χ0) is 23.2. The van der Waals surface area contributed by atoms with Crippen LogP contribution in [0.3, 0.4) is 0 Å². The van der Waals surface area contributed by atoms with Crippen LogP contribution in [0.2, 0.25) is 0 Å². The molecule has 1 amide bonds. The number of amides is 1. The molecule has 0 spiro atoms. The van der Waals surface area contributed by atoms with Crippen molar-refractivity contribution >= 4 is 34.3 Å². The highest BCUT2D eigenvalue weighted by molar-refractivity contribution is 7.09. The van der Waals surface area contributed by atoms with Crippen molar-refractivity contribution in [1.82, 2.24) is 14.3 Å². The maximum Gasteiger partial charge on any atom is 0.269 e. The first kappa shape index (κ1) is 22.5. The van der Waals surface area contributed by atoms with Crippen LogP contribution in [0.5, 0.6) is 0 Å². The Bertz CT molecular complexity index is 1150. The molecule has 0 atom stereocenters. The number of nitro groups is 1. The number of rotatable bonds is 6. The highest BCUT2D eigenvalue weighted by atomic mass is 32.1. The molecule has 1 aliphatic heterocycles. The van der Waals surface area contributed by atoms with Gasteiger partial charge in [0.15, 0.2) is 0 Å². The summed E-state index contributed by atoms with van der Waals surface area (Å²) < 4.78 is 17.5. The SMILES string of the molecule is O=C(C=Cc1ccc([N+](=O)[O-])cc1)N1CCCN(c2nc(Cc3ccc(F)cc3)ns2)CC1. The van der Waals surface area contributed by atoms with E-state index in [1.165, 1.54) is 41.9 Å². The van der Waals surface area contributed by atoms with Gasteiger partial charge in [-0.05, 0) is 47.9 Å². The molecular formula is C23H22FN5O3S. The van der Waals surface area contributed by atoms with Crippen molar-refractivity contribution in [2.75, 3.05) is 31.1 Å². The van der Waals surface area contributed by atoms with E-state index in [1.54, 1.807) is 35.2 Å². The molecule has 0 aliphatic carbocycles. The van der Waals surface area contributed by atoms with Crippen molar-refractivity contribution < 1.29 is 14.1 Å². The first-order valence-corrected chi connectivity index (χ1v) is 11.3. The van der Waals surface area contributed by atoms with E-state index in [1.807, 2.05) is 0 Å². The van der Waals surface area contributed by atoms with Gasteiger partial charge in [-0.3, -0.25) is 14.9 Å². The molecule has 1 aliphatic rings. The molecule has 2 heterocycles. The Hall–Kier alpha value is -3.66. The van der Waals surface area contributed by atoms with Crippen LogP contribution in [0.25, 0.3) is 6.08 Å². The molecule has 0 radical (unpaired) electrons. The van der Waals surface area contributed by atoms with Crippen LogP contribution in [0, 0.1) is 15.9 Å². The van der Waals surface area contributed by atoms with Gasteiger partial charge in [-0.2, -0.15) is 4.37 Å². The fourth-order valence-electron chi connectivity index (χ4n) is 3.54. The standard InChI is InChI=1S/C23H22FN5O3S/c24-19-7-2-18(3-8-19)16-21-25-23(33-26-21)28-13-1-12-27(14-15-28)22(30)11-6-17-4-9-20(10-5-17)29(31)32/h2-11H,1,12-16H2. The second kappa shape index (κ2) is 10.3. The van der Waals surface area contributed by atoms with Crippen LogP contribution < -0.4 is 4.90 Å². The molecule has 33 heavy (non-hydrogen) atoms. The summed E-state index contributed by atoms with van der Waals surface area (Å²) in [6, 6.07) is 12.4. The van der Waals surface area contributed by atoms with Gasteiger partial charge in [0.05, 0.1) is 4.92 Å². The van der Waals surface area contributed by atoms with E-state index in [9.17, 15) is 19.3 Å². The van der Waals surface area contributed by atoms with Gasteiger partial charge in [0.25, 0.3) is 5.69 Å². The van der Waals surface area contributed by atoms with Crippen LogP contribution in [0.4, 0.5) is 15.2 Å². The zero-order valence-corrected chi connectivity index (χ0v) is 18.6. The Labute approximate surface area is 194 Å². The third-order valence-corrected chi connectivity index (χ3v) is 6.15. The molecule has 8 nitrogen and oxygen atoms in total. The highest BCUT2D eigenvalue weighted by Crippen LogP contribution is 2.21. The summed E-state index contributed by atoms with van der Waals surface area (Å²) in [7, 11) is 0. The first-order valence-electron chi connectivity index (χ1n) is 10.5. The summed E-state index contributed by atoms with van der Waals surface area (Å²) in [6.45, 7) is 2.64. The van der Waals surface area contributed by atoms with E-state index in [0.29, 0.717) is 31.9 Å². The minimum atomic E-state index is -0.453. The predicted octanol–water partition coefficient (Wildman–Crippen LogP) is 3.93. The van der Waals surface area contributed by atoms with Gasteiger partial charge in [0.1, 0.15) is 11.6 Å². The van der Waals surface area contributed by atoms with Crippen LogP contribution in [-0.2, 0) is 11.2 Å². The van der Waals surface area contributed by atoms with E-state index in [4.69, 9.17) is 0 Å². The van der Waals surface area contributed by atoms with Crippen molar-refractivity contribution in [2.45, 2.75) is 12.8 Å². The minimum absolute atomic E-state index is 0.0172. The smallest absolute Gasteiger partial charge is 0.269 e. The number of aromatic nitrogens is 2. The van der Waals surface area contributed by atoms with Crippen LogP contribution in [0.1, 0.15) is 23.4 Å². The van der Waals surface area contributed by atoms with Gasteiger partial charge in [0, 0.05) is 62.3 Å². The predicted molar refractivity (Wildman–Crippen MR) is 125 cm³/mol. The Kier molecular flexibility index (Phi) is 7.04.